The molecule has 0 spiro atoms. The molecule has 0 N–H and O–H groups in total. The molecule has 5 nitrogen and oxygen atoms in total. The smallest absolute Gasteiger partial charge is 0.260 e. The van der Waals surface area contributed by atoms with Gasteiger partial charge in [-0.05, 0) is 37.6 Å². The lowest BCUT2D eigenvalue weighted by molar-refractivity contribution is -0.133. The molecule has 0 bridgehead atoms. The van der Waals surface area contributed by atoms with Crippen molar-refractivity contribution in [1.82, 2.24) is 9.88 Å². The quantitative estimate of drug-likeness (QED) is 0.866. The Labute approximate surface area is 142 Å². The first-order valence-corrected chi connectivity index (χ1v) is 8.27. The van der Waals surface area contributed by atoms with Gasteiger partial charge in [-0.2, -0.15) is 0 Å². The van der Waals surface area contributed by atoms with Crippen LogP contribution in [0.15, 0.2) is 42.6 Å². The summed E-state index contributed by atoms with van der Waals surface area (Å²) in [5, 5.41) is 0. The Morgan fingerprint density at radius 1 is 1.12 bits per heavy atom. The molecular weight excluding hydrogens is 302 g/mol. The molecular formula is C19H23N3O2. The molecule has 1 amide bonds. The molecule has 1 aromatic carbocycles. The van der Waals surface area contributed by atoms with Gasteiger partial charge in [0.05, 0.1) is 0 Å². The Bertz CT molecular complexity index is 695. The summed E-state index contributed by atoms with van der Waals surface area (Å²) < 4.78 is 5.70. The summed E-state index contributed by atoms with van der Waals surface area (Å²) in [5.74, 6) is 1.79. The summed E-state index contributed by atoms with van der Waals surface area (Å²) >= 11 is 0. The maximum Gasteiger partial charge on any atom is 0.260 e. The predicted octanol–water partition coefficient (Wildman–Crippen LogP) is 2.43. The van der Waals surface area contributed by atoms with E-state index >= 15 is 0 Å². The van der Waals surface area contributed by atoms with Crippen LogP contribution in [-0.2, 0) is 4.79 Å². The summed E-state index contributed by atoms with van der Waals surface area (Å²) in [6.07, 6.45) is 1.80. The average molecular weight is 325 g/mol. The minimum Gasteiger partial charge on any atom is -0.484 e. The third kappa shape index (κ3) is 3.85. The first-order chi connectivity index (χ1) is 11.6. The highest BCUT2D eigenvalue weighted by Crippen LogP contribution is 2.19. The number of pyridine rings is 1. The van der Waals surface area contributed by atoms with Crippen LogP contribution in [0.4, 0.5) is 5.82 Å². The molecule has 0 aliphatic carbocycles. The molecule has 1 aliphatic heterocycles. The minimum absolute atomic E-state index is 0.0376. The predicted molar refractivity (Wildman–Crippen MR) is 94.4 cm³/mol. The van der Waals surface area contributed by atoms with E-state index < -0.39 is 0 Å². The van der Waals surface area contributed by atoms with Crippen molar-refractivity contribution in [1.29, 1.82) is 0 Å². The Morgan fingerprint density at radius 2 is 1.92 bits per heavy atom. The molecule has 1 saturated heterocycles. The number of piperazine rings is 1. The lowest BCUT2D eigenvalue weighted by atomic mass is 10.1. The topological polar surface area (TPSA) is 45.7 Å². The second-order valence-electron chi connectivity index (χ2n) is 6.11. The van der Waals surface area contributed by atoms with Crippen molar-refractivity contribution in [3.05, 3.63) is 53.7 Å². The molecule has 1 aromatic heterocycles. The van der Waals surface area contributed by atoms with Crippen LogP contribution in [0.3, 0.4) is 0 Å². The van der Waals surface area contributed by atoms with Gasteiger partial charge < -0.3 is 14.5 Å². The second-order valence-corrected chi connectivity index (χ2v) is 6.11. The standard InChI is InChI=1S/C19H23N3O2/c1-15-6-7-17(16(2)13-15)24-14-19(23)22-11-9-21(10-12-22)18-5-3-4-8-20-18/h3-8,13H,9-12,14H2,1-2H3. The number of aryl methyl sites for hydroxylation is 2. The summed E-state index contributed by atoms with van der Waals surface area (Å²) in [6.45, 7) is 7.13. The Morgan fingerprint density at radius 3 is 2.58 bits per heavy atom. The van der Waals surface area contributed by atoms with Gasteiger partial charge in [-0.15, -0.1) is 0 Å². The van der Waals surface area contributed by atoms with Gasteiger partial charge in [0.25, 0.3) is 5.91 Å². The van der Waals surface area contributed by atoms with Crippen molar-refractivity contribution in [2.75, 3.05) is 37.7 Å². The average Bonchev–Trinajstić information content (AvgIpc) is 2.62. The van der Waals surface area contributed by atoms with Crippen molar-refractivity contribution >= 4 is 11.7 Å². The van der Waals surface area contributed by atoms with Crippen molar-refractivity contribution < 1.29 is 9.53 Å². The van der Waals surface area contributed by atoms with E-state index in [4.69, 9.17) is 4.74 Å². The number of rotatable bonds is 4. The van der Waals surface area contributed by atoms with Gasteiger partial charge in [0.2, 0.25) is 0 Å². The number of carbonyl (C=O) groups excluding carboxylic acids is 1. The molecule has 0 saturated carbocycles. The maximum absolute atomic E-state index is 12.4. The number of hydrogen-bond acceptors (Lipinski definition) is 4. The highest BCUT2D eigenvalue weighted by atomic mass is 16.5. The number of ether oxygens (including phenoxy) is 1. The van der Waals surface area contributed by atoms with Gasteiger partial charge in [-0.25, -0.2) is 4.98 Å². The van der Waals surface area contributed by atoms with Crippen LogP contribution in [0.25, 0.3) is 0 Å². The molecule has 0 radical (unpaired) electrons. The fourth-order valence-electron chi connectivity index (χ4n) is 2.92. The molecule has 126 valence electrons. The molecule has 3 rings (SSSR count). The molecule has 24 heavy (non-hydrogen) atoms. The first-order valence-electron chi connectivity index (χ1n) is 8.27. The van der Waals surface area contributed by atoms with Crippen LogP contribution in [0.5, 0.6) is 5.75 Å². The summed E-state index contributed by atoms with van der Waals surface area (Å²) in [6, 6.07) is 11.9. The first kappa shape index (κ1) is 16.3. The number of benzene rings is 1. The van der Waals surface area contributed by atoms with Crippen LogP contribution in [0, 0.1) is 13.8 Å². The zero-order valence-corrected chi connectivity index (χ0v) is 14.2. The number of carbonyl (C=O) groups is 1. The van der Waals surface area contributed by atoms with Crippen molar-refractivity contribution in [3.63, 3.8) is 0 Å². The van der Waals surface area contributed by atoms with E-state index in [1.165, 1.54) is 5.56 Å². The van der Waals surface area contributed by atoms with Crippen LogP contribution < -0.4 is 9.64 Å². The van der Waals surface area contributed by atoms with E-state index in [1.807, 2.05) is 49.1 Å². The van der Waals surface area contributed by atoms with E-state index in [-0.39, 0.29) is 12.5 Å². The Balaban J connectivity index is 1.50. The van der Waals surface area contributed by atoms with Gasteiger partial charge in [0.15, 0.2) is 6.61 Å². The largest absolute Gasteiger partial charge is 0.484 e. The van der Waals surface area contributed by atoms with Crippen LogP contribution in [0.1, 0.15) is 11.1 Å². The summed E-state index contributed by atoms with van der Waals surface area (Å²) in [7, 11) is 0. The normalized spacial score (nSPS) is 14.6. The van der Waals surface area contributed by atoms with Crippen LogP contribution in [-0.4, -0.2) is 48.6 Å². The van der Waals surface area contributed by atoms with E-state index in [0.29, 0.717) is 13.1 Å². The van der Waals surface area contributed by atoms with Gasteiger partial charge in [-0.3, -0.25) is 4.79 Å². The molecule has 1 fully saturated rings. The lowest BCUT2D eigenvalue weighted by Crippen LogP contribution is -2.50. The van der Waals surface area contributed by atoms with Crippen molar-refractivity contribution in [2.24, 2.45) is 0 Å². The Hall–Kier alpha value is -2.56. The summed E-state index contributed by atoms with van der Waals surface area (Å²) in [4.78, 5) is 20.8. The second kappa shape index (κ2) is 7.34. The molecule has 5 heteroatoms. The summed E-state index contributed by atoms with van der Waals surface area (Å²) in [5.41, 5.74) is 2.25. The SMILES string of the molecule is Cc1ccc(OCC(=O)N2CCN(c3ccccn3)CC2)c(C)c1. The zero-order chi connectivity index (χ0) is 16.9. The monoisotopic (exact) mass is 325 g/mol. The fraction of sp³-hybridized carbons (Fsp3) is 0.368. The zero-order valence-electron chi connectivity index (χ0n) is 14.2. The minimum atomic E-state index is 0.0376. The van der Waals surface area contributed by atoms with E-state index in [2.05, 4.69) is 16.0 Å². The maximum atomic E-state index is 12.4. The van der Waals surface area contributed by atoms with E-state index in [1.54, 1.807) is 6.20 Å². The number of nitrogens with zero attached hydrogens (tertiary/aromatic N) is 3. The van der Waals surface area contributed by atoms with Gasteiger partial charge in [-0.1, -0.05) is 23.8 Å². The number of hydrogen-bond donors (Lipinski definition) is 0. The molecule has 2 heterocycles. The van der Waals surface area contributed by atoms with Gasteiger partial charge in [0, 0.05) is 32.4 Å². The van der Waals surface area contributed by atoms with Gasteiger partial charge in [0.1, 0.15) is 11.6 Å². The molecule has 0 atom stereocenters. The highest BCUT2D eigenvalue weighted by molar-refractivity contribution is 5.78. The van der Waals surface area contributed by atoms with E-state index in [0.717, 1.165) is 30.2 Å². The fourth-order valence-corrected chi connectivity index (χ4v) is 2.92. The van der Waals surface area contributed by atoms with E-state index in [9.17, 15) is 4.79 Å². The van der Waals surface area contributed by atoms with Crippen LogP contribution >= 0.6 is 0 Å². The molecule has 1 aliphatic rings. The number of aromatic nitrogens is 1. The third-order valence-electron chi connectivity index (χ3n) is 4.29. The van der Waals surface area contributed by atoms with Crippen LogP contribution in [0.2, 0.25) is 0 Å². The van der Waals surface area contributed by atoms with Crippen molar-refractivity contribution in [2.45, 2.75) is 13.8 Å². The molecule has 2 aromatic rings. The highest BCUT2D eigenvalue weighted by Gasteiger charge is 2.22. The molecule has 0 unspecified atom stereocenters. The number of anilines is 1. The number of amides is 1. The van der Waals surface area contributed by atoms with Gasteiger partial charge >= 0.3 is 0 Å². The van der Waals surface area contributed by atoms with Crippen molar-refractivity contribution in [3.8, 4) is 5.75 Å². The Kier molecular flexibility index (Phi) is 4.99. The lowest BCUT2D eigenvalue weighted by Gasteiger charge is -2.35. The third-order valence-corrected chi connectivity index (χ3v) is 4.29.